The van der Waals surface area contributed by atoms with Crippen molar-refractivity contribution in [1.29, 1.82) is 0 Å². The average molecular weight is 406 g/mol. The first-order valence-corrected chi connectivity index (χ1v) is 8.57. The van der Waals surface area contributed by atoms with E-state index in [2.05, 4.69) is 15.6 Å². The van der Waals surface area contributed by atoms with E-state index >= 15 is 0 Å². The number of alkyl halides is 3. The molecule has 0 unspecified atom stereocenters. The highest BCUT2D eigenvalue weighted by Gasteiger charge is 2.30. The van der Waals surface area contributed by atoms with Gasteiger partial charge in [0.05, 0.1) is 24.1 Å². The van der Waals surface area contributed by atoms with Crippen molar-refractivity contribution in [1.82, 2.24) is 20.3 Å². The van der Waals surface area contributed by atoms with Crippen LogP contribution in [0.15, 0.2) is 47.3 Å². The van der Waals surface area contributed by atoms with E-state index in [-0.39, 0.29) is 11.9 Å². The van der Waals surface area contributed by atoms with Crippen molar-refractivity contribution in [2.24, 2.45) is 0 Å². The molecule has 7 nitrogen and oxygen atoms in total. The first-order chi connectivity index (χ1) is 13.7. The van der Waals surface area contributed by atoms with Crippen molar-refractivity contribution < 1.29 is 22.7 Å². The molecule has 1 heterocycles. The van der Waals surface area contributed by atoms with Crippen molar-refractivity contribution >= 4 is 16.8 Å². The van der Waals surface area contributed by atoms with Crippen LogP contribution in [0.2, 0.25) is 0 Å². The number of carbonyl (C=O) groups excluding carboxylic acids is 1. The molecule has 0 bridgehead atoms. The highest BCUT2D eigenvalue weighted by Crippen LogP contribution is 2.29. The molecule has 0 aliphatic rings. The lowest BCUT2D eigenvalue weighted by Crippen LogP contribution is -2.35. The molecular weight excluding hydrogens is 389 g/mol. The van der Waals surface area contributed by atoms with Crippen LogP contribution in [0.25, 0.3) is 10.9 Å². The molecule has 3 aromatic rings. The summed E-state index contributed by atoms with van der Waals surface area (Å²) in [5.74, 6) is -0.00582. The Morgan fingerprint density at radius 2 is 1.90 bits per heavy atom. The van der Waals surface area contributed by atoms with Crippen LogP contribution < -0.4 is 15.6 Å². The maximum absolute atomic E-state index is 12.6. The van der Waals surface area contributed by atoms with Crippen molar-refractivity contribution in [2.45, 2.75) is 25.7 Å². The molecule has 0 fully saturated rings. The van der Waals surface area contributed by atoms with Crippen LogP contribution in [-0.4, -0.2) is 28.0 Å². The van der Waals surface area contributed by atoms with Gasteiger partial charge in [0, 0.05) is 6.07 Å². The summed E-state index contributed by atoms with van der Waals surface area (Å²) < 4.78 is 43.9. The highest BCUT2D eigenvalue weighted by molar-refractivity contribution is 5.79. The summed E-state index contributed by atoms with van der Waals surface area (Å²) in [6, 6.07) is 8.62. The Kier molecular flexibility index (Phi) is 5.53. The molecule has 1 amide bonds. The average Bonchev–Trinajstić information content (AvgIpc) is 2.69. The monoisotopic (exact) mass is 406 g/mol. The van der Waals surface area contributed by atoms with Crippen molar-refractivity contribution in [3.8, 4) is 5.75 Å². The van der Waals surface area contributed by atoms with Gasteiger partial charge in [-0.3, -0.25) is 9.59 Å². The molecule has 152 valence electrons. The second-order valence-corrected chi connectivity index (χ2v) is 6.34. The van der Waals surface area contributed by atoms with Crippen LogP contribution in [0.3, 0.4) is 0 Å². The van der Waals surface area contributed by atoms with Crippen LogP contribution in [-0.2, 0) is 17.5 Å². The zero-order valence-corrected chi connectivity index (χ0v) is 15.5. The molecular formula is C19H17F3N4O3. The number of nitrogens with one attached hydrogen (secondary N) is 1. The van der Waals surface area contributed by atoms with E-state index in [4.69, 9.17) is 4.74 Å². The molecule has 2 aromatic carbocycles. The van der Waals surface area contributed by atoms with E-state index in [0.29, 0.717) is 16.8 Å². The Morgan fingerprint density at radius 3 is 2.52 bits per heavy atom. The van der Waals surface area contributed by atoms with Gasteiger partial charge >= 0.3 is 6.18 Å². The Labute approximate surface area is 163 Å². The van der Waals surface area contributed by atoms with Gasteiger partial charge in [0.1, 0.15) is 17.8 Å². The molecule has 0 saturated carbocycles. The fourth-order valence-electron chi connectivity index (χ4n) is 2.75. The summed E-state index contributed by atoms with van der Waals surface area (Å²) in [4.78, 5) is 24.8. The zero-order valence-electron chi connectivity index (χ0n) is 15.5. The molecule has 10 heteroatoms. The molecule has 0 radical (unpaired) electrons. The summed E-state index contributed by atoms with van der Waals surface area (Å²) in [7, 11) is 1.48. The maximum atomic E-state index is 12.6. The Balaban J connectivity index is 1.72. The molecule has 29 heavy (non-hydrogen) atoms. The van der Waals surface area contributed by atoms with E-state index in [1.165, 1.54) is 25.3 Å². The number of rotatable bonds is 5. The molecule has 0 aliphatic heterocycles. The van der Waals surface area contributed by atoms with Crippen molar-refractivity contribution in [2.75, 3.05) is 7.11 Å². The first-order valence-electron chi connectivity index (χ1n) is 8.57. The normalized spacial score (nSPS) is 12.6. The van der Waals surface area contributed by atoms with Crippen LogP contribution in [0.5, 0.6) is 5.75 Å². The largest absolute Gasteiger partial charge is 0.497 e. The molecule has 0 spiro atoms. The van der Waals surface area contributed by atoms with E-state index in [1.54, 1.807) is 19.1 Å². The van der Waals surface area contributed by atoms with Crippen LogP contribution in [0.1, 0.15) is 24.1 Å². The number of hydrogen-bond acceptors (Lipinski definition) is 5. The highest BCUT2D eigenvalue weighted by atomic mass is 19.4. The predicted octanol–water partition coefficient (Wildman–Crippen LogP) is 2.70. The summed E-state index contributed by atoms with van der Waals surface area (Å²) >= 11 is 0. The summed E-state index contributed by atoms with van der Waals surface area (Å²) in [6.07, 6.45) is -4.43. The van der Waals surface area contributed by atoms with Crippen molar-refractivity contribution in [3.63, 3.8) is 0 Å². The molecule has 1 aromatic heterocycles. The number of nitrogens with zero attached hydrogens (tertiary/aromatic N) is 3. The van der Waals surface area contributed by atoms with Gasteiger partial charge in [-0.2, -0.15) is 13.2 Å². The molecule has 3 rings (SSSR count). The number of amides is 1. The predicted molar refractivity (Wildman–Crippen MR) is 98.4 cm³/mol. The number of hydrogen-bond donors (Lipinski definition) is 1. The van der Waals surface area contributed by atoms with E-state index in [1.807, 2.05) is 0 Å². The lowest BCUT2D eigenvalue weighted by atomic mass is 10.1. The fraction of sp³-hybridized carbons (Fsp3) is 0.263. The Bertz CT molecular complexity index is 1090. The molecule has 1 atom stereocenters. The lowest BCUT2D eigenvalue weighted by Gasteiger charge is -2.15. The Hall–Kier alpha value is -3.43. The van der Waals surface area contributed by atoms with Gasteiger partial charge in [-0.25, -0.2) is 4.68 Å². The lowest BCUT2D eigenvalue weighted by molar-refractivity contribution is -0.137. The minimum atomic E-state index is -4.43. The van der Waals surface area contributed by atoms with Gasteiger partial charge in [0.2, 0.25) is 5.91 Å². The van der Waals surface area contributed by atoms with E-state index in [9.17, 15) is 22.8 Å². The SMILES string of the molecule is COc1ccc2c(=O)n(CC(=O)N[C@@H](C)c3ccc(C(F)(F)F)cc3)nnc2c1. The fourth-order valence-corrected chi connectivity index (χ4v) is 2.75. The molecule has 0 aliphatic carbocycles. The molecule has 0 saturated heterocycles. The number of ether oxygens (including phenoxy) is 1. The van der Waals surface area contributed by atoms with Gasteiger partial charge in [-0.15, -0.1) is 5.10 Å². The van der Waals surface area contributed by atoms with Crippen LogP contribution in [0.4, 0.5) is 13.2 Å². The number of aromatic nitrogens is 3. The number of halogens is 3. The van der Waals surface area contributed by atoms with Crippen LogP contribution in [0, 0.1) is 0 Å². The second-order valence-electron chi connectivity index (χ2n) is 6.34. The summed E-state index contributed by atoms with van der Waals surface area (Å²) in [5, 5.41) is 10.6. The zero-order chi connectivity index (χ0) is 21.2. The minimum Gasteiger partial charge on any atom is -0.497 e. The maximum Gasteiger partial charge on any atom is 0.416 e. The third-order valence-corrected chi connectivity index (χ3v) is 4.34. The number of methoxy groups -OCH3 is 1. The van der Waals surface area contributed by atoms with Crippen molar-refractivity contribution in [3.05, 3.63) is 63.9 Å². The topological polar surface area (TPSA) is 86.1 Å². The van der Waals surface area contributed by atoms with Gasteiger partial charge in [0.25, 0.3) is 5.56 Å². The first kappa shape index (κ1) is 20.3. The standard InChI is InChI=1S/C19H17F3N4O3/c1-11(12-3-5-13(6-4-12)19(20,21)22)23-17(27)10-26-18(28)15-8-7-14(29-2)9-16(15)24-25-26/h3-9,11H,10H2,1-2H3,(H,23,27)/t11-/m0/s1. The van der Waals surface area contributed by atoms with E-state index < -0.39 is 29.2 Å². The third-order valence-electron chi connectivity index (χ3n) is 4.34. The van der Waals surface area contributed by atoms with Gasteiger partial charge in [-0.05, 0) is 36.8 Å². The summed E-state index contributed by atoms with van der Waals surface area (Å²) in [5.41, 5.74) is -0.427. The van der Waals surface area contributed by atoms with E-state index in [0.717, 1.165) is 16.8 Å². The van der Waals surface area contributed by atoms with Crippen LogP contribution >= 0.6 is 0 Å². The number of benzene rings is 2. The number of fused-ring (bicyclic) bond motifs is 1. The number of carbonyl (C=O) groups is 1. The Morgan fingerprint density at radius 1 is 1.21 bits per heavy atom. The smallest absolute Gasteiger partial charge is 0.416 e. The second kappa shape index (κ2) is 7.90. The third kappa shape index (κ3) is 4.53. The molecule has 1 N–H and O–H groups in total. The quantitative estimate of drug-likeness (QED) is 0.704. The minimum absolute atomic E-state index is 0.282. The summed E-state index contributed by atoms with van der Waals surface area (Å²) in [6.45, 7) is 1.25. The van der Waals surface area contributed by atoms with Gasteiger partial charge in [-0.1, -0.05) is 17.3 Å². The van der Waals surface area contributed by atoms with Gasteiger partial charge in [0.15, 0.2) is 0 Å². The van der Waals surface area contributed by atoms with Gasteiger partial charge < -0.3 is 10.1 Å².